The van der Waals surface area contributed by atoms with Crippen molar-refractivity contribution >= 4 is 23.4 Å². The quantitative estimate of drug-likeness (QED) is 0.575. The molecule has 6 heteroatoms. The Morgan fingerprint density at radius 1 is 1.24 bits per heavy atom. The van der Waals surface area contributed by atoms with Crippen LogP contribution in [0, 0.1) is 5.82 Å². The number of carbonyl (C=O) groups excluding carboxylic acids is 2. The monoisotopic (exact) mass is 366 g/mol. The van der Waals surface area contributed by atoms with E-state index in [1.54, 1.807) is 13.8 Å². The average molecular weight is 367 g/mol. The van der Waals surface area contributed by atoms with Gasteiger partial charge in [-0.25, -0.2) is 4.39 Å². The maximum atomic E-state index is 14.5. The van der Waals surface area contributed by atoms with Crippen molar-refractivity contribution in [2.75, 3.05) is 0 Å². The molecular formula is C19H20ClFO4. The van der Waals surface area contributed by atoms with E-state index in [0.29, 0.717) is 11.3 Å². The van der Waals surface area contributed by atoms with Crippen LogP contribution in [0.15, 0.2) is 23.5 Å². The SMILES string of the molecule is CC(C)=C1OC(=O)CC(c2cc(OC3CCCC3)c(Cl)cc2F)C1=O. The molecule has 2 fully saturated rings. The number of ether oxygens (including phenoxy) is 2. The molecule has 1 unspecified atom stereocenters. The lowest BCUT2D eigenvalue weighted by Gasteiger charge is -2.24. The number of benzene rings is 1. The Labute approximate surface area is 150 Å². The highest BCUT2D eigenvalue weighted by Crippen LogP contribution is 2.38. The van der Waals surface area contributed by atoms with Gasteiger partial charge >= 0.3 is 5.97 Å². The van der Waals surface area contributed by atoms with Gasteiger partial charge in [0.2, 0.25) is 5.78 Å². The third-order valence-electron chi connectivity index (χ3n) is 4.60. The molecule has 3 rings (SSSR count). The highest BCUT2D eigenvalue weighted by Gasteiger charge is 2.37. The third kappa shape index (κ3) is 3.71. The van der Waals surface area contributed by atoms with Gasteiger partial charge in [-0.2, -0.15) is 0 Å². The molecule has 1 aromatic rings. The van der Waals surface area contributed by atoms with Crippen LogP contribution in [0.2, 0.25) is 5.02 Å². The van der Waals surface area contributed by atoms with E-state index in [4.69, 9.17) is 21.1 Å². The van der Waals surface area contributed by atoms with Crippen LogP contribution >= 0.6 is 11.6 Å². The summed E-state index contributed by atoms with van der Waals surface area (Å²) in [5.74, 6) is -2.13. The molecular weight excluding hydrogens is 347 g/mol. The predicted molar refractivity (Wildman–Crippen MR) is 91.1 cm³/mol. The fourth-order valence-electron chi connectivity index (χ4n) is 3.31. The molecule has 1 saturated carbocycles. The van der Waals surface area contributed by atoms with Crippen molar-refractivity contribution in [1.29, 1.82) is 0 Å². The van der Waals surface area contributed by atoms with Crippen molar-refractivity contribution in [2.24, 2.45) is 0 Å². The van der Waals surface area contributed by atoms with Crippen LogP contribution in [0.5, 0.6) is 5.75 Å². The Morgan fingerprint density at radius 3 is 2.56 bits per heavy atom. The zero-order valence-corrected chi connectivity index (χ0v) is 15.0. The number of ketones is 1. The lowest BCUT2D eigenvalue weighted by molar-refractivity contribution is -0.148. The highest BCUT2D eigenvalue weighted by molar-refractivity contribution is 6.32. The summed E-state index contributed by atoms with van der Waals surface area (Å²) in [4.78, 5) is 24.5. The van der Waals surface area contributed by atoms with E-state index in [0.717, 1.165) is 31.7 Å². The molecule has 1 saturated heterocycles. The number of hydrogen-bond donors (Lipinski definition) is 0. The second-order valence-electron chi connectivity index (χ2n) is 6.75. The smallest absolute Gasteiger partial charge is 0.312 e. The van der Waals surface area contributed by atoms with E-state index in [9.17, 15) is 14.0 Å². The van der Waals surface area contributed by atoms with Crippen molar-refractivity contribution in [2.45, 2.75) is 58.0 Å². The fourth-order valence-corrected chi connectivity index (χ4v) is 3.51. The van der Waals surface area contributed by atoms with Gasteiger partial charge in [-0.05, 0) is 57.2 Å². The van der Waals surface area contributed by atoms with Gasteiger partial charge in [-0.3, -0.25) is 9.59 Å². The van der Waals surface area contributed by atoms with Crippen molar-refractivity contribution in [3.8, 4) is 5.75 Å². The van der Waals surface area contributed by atoms with Crippen molar-refractivity contribution in [1.82, 2.24) is 0 Å². The normalized spacial score (nSPS) is 21.4. The zero-order valence-electron chi connectivity index (χ0n) is 14.2. The molecule has 1 aliphatic carbocycles. The number of cyclic esters (lactones) is 1. The lowest BCUT2D eigenvalue weighted by Crippen LogP contribution is -2.29. The average Bonchev–Trinajstić information content (AvgIpc) is 3.05. The summed E-state index contributed by atoms with van der Waals surface area (Å²) in [7, 11) is 0. The Balaban J connectivity index is 1.96. The molecule has 1 heterocycles. The van der Waals surface area contributed by atoms with Gasteiger partial charge in [0.1, 0.15) is 11.6 Å². The minimum Gasteiger partial charge on any atom is -0.489 e. The van der Waals surface area contributed by atoms with Gasteiger partial charge in [-0.15, -0.1) is 0 Å². The van der Waals surface area contributed by atoms with Crippen LogP contribution < -0.4 is 4.74 Å². The second-order valence-corrected chi connectivity index (χ2v) is 7.16. The Bertz CT molecular complexity index is 746. The second kappa shape index (κ2) is 7.16. The number of hydrogen-bond acceptors (Lipinski definition) is 4. The number of Topliss-reactive ketones (excluding diaryl/α,β-unsaturated/α-hetero) is 1. The van der Waals surface area contributed by atoms with E-state index in [1.807, 2.05) is 0 Å². The molecule has 0 aromatic heterocycles. The van der Waals surface area contributed by atoms with E-state index in [2.05, 4.69) is 0 Å². The summed E-state index contributed by atoms with van der Waals surface area (Å²) in [6, 6.07) is 2.61. The molecule has 25 heavy (non-hydrogen) atoms. The first-order valence-corrected chi connectivity index (χ1v) is 8.82. The zero-order chi connectivity index (χ0) is 18.1. The first-order valence-electron chi connectivity index (χ1n) is 8.44. The summed E-state index contributed by atoms with van der Waals surface area (Å²) >= 11 is 6.11. The maximum absolute atomic E-state index is 14.5. The Hall–Kier alpha value is -1.88. The molecule has 134 valence electrons. The molecule has 4 nitrogen and oxygen atoms in total. The third-order valence-corrected chi connectivity index (χ3v) is 4.90. The summed E-state index contributed by atoms with van der Waals surface area (Å²) in [5, 5.41) is 0.168. The number of carbonyl (C=O) groups is 2. The first kappa shape index (κ1) is 17.9. The van der Waals surface area contributed by atoms with Gasteiger partial charge in [0, 0.05) is 5.56 Å². The predicted octanol–water partition coefficient (Wildman–Crippen LogP) is 4.69. The number of esters is 1. The van der Waals surface area contributed by atoms with Gasteiger partial charge in [0.05, 0.1) is 23.5 Å². The highest BCUT2D eigenvalue weighted by atomic mass is 35.5. The van der Waals surface area contributed by atoms with Gasteiger partial charge < -0.3 is 9.47 Å². The lowest BCUT2D eigenvalue weighted by atomic mass is 9.87. The number of rotatable bonds is 3. The first-order chi connectivity index (χ1) is 11.9. The van der Waals surface area contributed by atoms with Crippen LogP contribution in [-0.4, -0.2) is 17.9 Å². The van der Waals surface area contributed by atoms with Crippen LogP contribution in [0.3, 0.4) is 0 Å². The van der Waals surface area contributed by atoms with Crippen LogP contribution in [0.1, 0.15) is 57.4 Å². The summed E-state index contributed by atoms with van der Waals surface area (Å²) in [6.07, 6.45) is 3.90. The minimum absolute atomic E-state index is 0.00568. The Morgan fingerprint density at radius 2 is 1.92 bits per heavy atom. The molecule has 0 bridgehead atoms. The summed E-state index contributed by atoms with van der Waals surface area (Å²) in [6.45, 7) is 3.35. The molecule has 0 amide bonds. The van der Waals surface area contributed by atoms with Crippen molar-refractivity contribution in [3.63, 3.8) is 0 Å². The van der Waals surface area contributed by atoms with E-state index in [1.165, 1.54) is 6.07 Å². The molecule has 2 aliphatic rings. The van der Waals surface area contributed by atoms with E-state index >= 15 is 0 Å². The standard InChI is InChI=1S/C19H20ClFO4/c1-10(2)19-18(23)13(8-17(22)25-19)12-7-16(14(20)9-15(12)21)24-11-5-3-4-6-11/h7,9,11,13H,3-6,8H2,1-2H3. The molecule has 1 aromatic carbocycles. The van der Waals surface area contributed by atoms with E-state index in [-0.39, 0.29) is 28.9 Å². The molecule has 1 aliphatic heterocycles. The Kier molecular flexibility index (Phi) is 5.13. The van der Waals surface area contributed by atoms with E-state index < -0.39 is 23.5 Å². The van der Waals surface area contributed by atoms with Gasteiger partial charge in [0.25, 0.3) is 0 Å². The van der Waals surface area contributed by atoms with Crippen LogP contribution in [0.4, 0.5) is 4.39 Å². The number of allylic oxidation sites excluding steroid dienone is 2. The van der Waals surface area contributed by atoms with Gasteiger partial charge in [-0.1, -0.05) is 11.6 Å². The van der Waals surface area contributed by atoms with Crippen molar-refractivity contribution in [3.05, 3.63) is 39.9 Å². The molecule has 0 radical (unpaired) electrons. The minimum atomic E-state index is -0.922. The fraction of sp³-hybridized carbons (Fsp3) is 0.474. The van der Waals surface area contributed by atoms with Crippen LogP contribution in [-0.2, 0) is 14.3 Å². The van der Waals surface area contributed by atoms with Gasteiger partial charge in [0.15, 0.2) is 5.76 Å². The van der Waals surface area contributed by atoms with Crippen LogP contribution in [0.25, 0.3) is 0 Å². The molecule has 0 N–H and O–H groups in total. The van der Waals surface area contributed by atoms with Crippen molar-refractivity contribution < 1.29 is 23.5 Å². The number of halogens is 2. The maximum Gasteiger partial charge on any atom is 0.312 e. The largest absolute Gasteiger partial charge is 0.489 e. The summed E-state index contributed by atoms with van der Waals surface area (Å²) in [5.41, 5.74) is 0.706. The topological polar surface area (TPSA) is 52.6 Å². The summed E-state index contributed by atoms with van der Waals surface area (Å²) < 4.78 is 25.4. The molecule has 0 spiro atoms. The molecule has 1 atom stereocenters.